The van der Waals surface area contributed by atoms with Crippen molar-refractivity contribution in [1.82, 2.24) is 4.98 Å². The lowest BCUT2D eigenvalue weighted by Gasteiger charge is -2.13. The molecule has 2 aromatic heterocycles. The molecule has 2 aromatic carbocycles. The van der Waals surface area contributed by atoms with Gasteiger partial charge in [0.15, 0.2) is 10.9 Å². The van der Waals surface area contributed by atoms with Gasteiger partial charge < -0.3 is 4.42 Å². The van der Waals surface area contributed by atoms with E-state index in [0.29, 0.717) is 10.8 Å². The number of hydrogen-bond acceptors (Lipinski definition) is 8. The lowest BCUT2D eigenvalue weighted by molar-refractivity contribution is -0.384. The Labute approximate surface area is 192 Å². The van der Waals surface area contributed by atoms with Gasteiger partial charge >= 0.3 is 0 Å². The quantitative estimate of drug-likeness (QED) is 0.298. The van der Waals surface area contributed by atoms with Crippen LogP contribution in [0, 0.1) is 17.0 Å². The van der Waals surface area contributed by atoms with Gasteiger partial charge in [0, 0.05) is 29.7 Å². The van der Waals surface area contributed by atoms with E-state index in [1.807, 2.05) is 31.2 Å². The van der Waals surface area contributed by atoms with Crippen molar-refractivity contribution in [2.24, 2.45) is 5.10 Å². The maximum atomic E-state index is 13.0. The molecule has 9 nitrogen and oxygen atoms in total. The molecule has 4 aromatic rings. The van der Waals surface area contributed by atoms with Crippen molar-refractivity contribution >= 4 is 49.7 Å². The van der Waals surface area contributed by atoms with Crippen molar-refractivity contribution in [2.45, 2.75) is 26.2 Å². The second-order valence-corrected chi connectivity index (χ2v) is 8.65. The van der Waals surface area contributed by atoms with E-state index in [-0.39, 0.29) is 17.4 Å². The highest BCUT2D eigenvalue weighted by molar-refractivity contribution is 7.22. The van der Waals surface area contributed by atoms with Crippen molar-refractivity contribution in [3.8, 4) is 0 Å². The predicted octanol–water partition coefficient (Wildman–Crippen LogP) is 5.51. The van der Waals surface area contributed by atoms with Gasteiger partial charge in [-0.3, -0.25) is 25.7 Å². The average molecular weight is 462 g/mol. The Balaban J connectivity index is 1.38. The number of para-hydroxylation sites is 1. The van der Waals surface area contributed by atoms with Crippen LogP contribution in [-0.4, -0.2) is 21.5 Å². The molecule has 166 valence electrons. The van der Waals surface area contributed by atoms with Crippen LogP contribution in [0.4, 0.5) is 16.5 Å². The molecule has 0 bridgehead atoms. The van der Waals surface area contributed by atoms with E-state index in [9.17, 15) is 14.9 Å². The lowest BCUT2D eigenvalue weighted by Crippen LogP contribution is -2.14. The molecular weight excluding hydrogens is 442 g/mol. The van der Waals surface area contributed by atoms with E-state index in [1.54, 1.807) is 12.1 Å². The Morgan fingerprint density at radius 2 is 1.97 bits per heavy atom. The Morgan fingerprint density at radius 3 is 2.73 bits per heavy atom. The fourth-order valence-electron chi connectivity index (χ4n) is 3.87. The summed E-state index contributed by atoms with van der Waals surface area (Å²) in [6.07, 6.45) is 2.30. The van der Waals surface area contributed by atoms with E-state index < -0.39 is 4.92 Å². The Hall–Kier alpha value is -4.05. The molecule has 0 saturated heterocycles. The summed E-state index contributed by atoms with van der Waals surface area (Å²) in [6, 6.07) is 13.7. The molecular formula is C23H19N5O4S. The molecule has 2 N–H and O–H groups in total. The summed E-state index contributed by atoms with van der Waals surface area (Å²) in [5.41, 5.74) is 6.79. The Morgan fingerprint density at radius 1 is 1.18 bits per heavy atom. The first-order chi connectivity index (χ1) is 16.0. The molecule has 0 spiro atoms. The van der Waals surface area contributed by atoms with Gasteiger partial charge in [-0.1, -0.05) is 23.5 Å². The molecule has 0 unspecified atom stereocenters. The normalized spacial score (nSPS) is 14.3. The number of benzene rings is 2. The van der Waals surface area contributed by atoms with Crippen molar-refractivity contribution in [1.29, 1.82) is 0 Å². The van der Waals surface area contributed by atoms with E-state index in [1.165, 1.54) is 23.5 Å². The minimum Gasteiger partial charge on any atom is -0.455 e. The monoisotopic (exact) mass is 461 g/mol. The van der Waals surface area contributed by atoms with E-state index in [2.05, 4.69) is 20.8 Å². The largest absolute Gasteiger partial charge is 0.455 e. The van der Waals surface area contributed by atoms with Gasteiger partial charge in [-0.2, -0.15) is 5.10 Å². The predicted molar refractivity (Wildman–Crippen MR) is 127 cm³/mol. The molecule has 0 aliphatic heterocycles. The number of nitrogens with one attached hydrogen (secondary N) is 2. The fourth-order valence-corrected chi connectivity index (χ4v) is 4.73. The molecule has 1 aliphatic rings. The maximum Gasteiger partial charge on any atom is 0.293 e. The standard InChI is InChI=1S/C23H19N5O4S/c1-13-20-17(27-26-14-9-11-15(12-10-14)28(30)31)6-4-7-18(20)32-21(13)22(29)25-23-24-16-5-2-3-8-19(16)33-23/h2-3,5,8-12,26H,4,6-7H2,1H3,(H,24,25,29)/b27-17+. The van der Waals surface area contributed by atoms with Gasteiger partial charge in [0.2, 0.25) is 0 Å². The number of fused-ring (bicyclic) bond motifs is 2. The second-order valence-electron chi connectivity index (χ2n) is 7.62. The molecule has 1 aliphatic carbocycles. The van der Waals surface area contributed by atoms with Gasteiger partial charge in [0.05, 0.1) is 26.5 Å². The van der Waals surface area contributed by atoms with Crippen LogP contribution in [0.5, 0.6) is 0 Å². The van der Waals surface area contributed by atoms with Crippen LogP contribution in [0.25, 0.3) is 10.2 Å². The van der Waals surface area contributed by atoms with Crippen LogP contribution in [0.1, 0.15) is 40.3 Å². The third kappa shape index (κ3) is 4.08. The zero-order chi connectivity index (χ0) is 22.9. The van der Waals surface area contributed by atoms with E-state index >= 15 is 0 Å². The number of aryl methyl sites for hydroxylation is 1. The van der Waals surface area contributed by atoms with Gasteiger partial charge in [-0.25, -0.2) is 4.98 Å². The number of carbonyl (C=O) groups is 1. The third-order valence-corrected chi connectivity index (χ3v) is 6.40. The van der Waals surface area contributed by atoms with Crippen LogP contribution < -0.4 is 10.7 Å². The Bertz CT molecular complexity index is 1370. The number of nitro groups is 1. The highest BCUT2D eigenvalue weighted by Crippen LogP contribution is 2.32. The number of aromatic nitrogens is 1. The summed E-state index contributed by atoms with van der Waals surface area (Å²) >= 11 is 1.41. The molecule has 10 heteroatoms. The number of anilines is 2. The van der Waals surface area contributed by atoms with Gasteiger partial charge in [-0.05, 0) is 44.0 Å². The summed E-state index contributed by atoms with van der Waals surface area (Å²) < 4.78 is 6.95. The summed E-state index contributed by atoms with van der Waals surface area (Å²) in [7, 11) is 0. The second kappa shape index (κ2) is 8.47. The number of hydrogen-bond donors (Lipinski definition) is 2. The smallest absolute Gasteiger partial charge is 0.293 e. The summed E-state index contributed by atoms with van der Waals surface area (Å²) in [6.45, 7) is 1.85. The molecule has 0 fully saturated rings. The van der Waals surface area contributed by atoms with Crippen LogP contribution in [-0.2, 0) is 6.42 Å². The Kier molecular flexibility index (Phi) is 5.35. The number of thiazole rings is 1. The number of non-ortho nitro benzene ring substituents is 1. The zero-order valence-electron chi connectivity index (χ0n) is 17.6. The lowest BCUT2D eigenvalue weighted by atomic mass is 9.93. The third-order valence-electron chi connectivity index (χ3n) is 5.44. The minimum atomic E-state index is -0.446. The highest BCUT2D eigenvalue weighted by atomic mass is 32.1. The van der Waals surface area contributed by atoms with Crippen LogP contribution in [0.2, 0.25) is 0 Å². The topological polar surface area (TPSA) is 123 Å². The van der Waals surface area contributed by atoms with E-state index in [4.69, 9.17) is 4.42 Å². The number of nitro benzene ring substituents is 1. The van der Waals surface area contributed by atoms with Crippen LogP contribution in [0.15, 0.2) is 58.0 Å². The summed E-state index contributed by atoms with van der Waals surface area (Å²) in [4.78, 5) is 27.8. The first-order valence-corrected chi connectivity index (χ1v) is 11.2. The molecule has 0 radical (unpaired) electrons. The SMILES string of the molecule is Cc1c(C(=O)Nc2nc3ccccc3s2)oc2c1/C(=N/Nc1ccc([N+](=O)[O-])cc1)CCC2. The van der Waals surface area contributed by atoms with Crippen LogP contribution in [0.3, 0.4) is 0 Å². The molecule has 0 atom stereocenters. The summed E-state index contributed by atoms with van der Waals surface area (Å²) in [5.74, 6) is 0.644. The first-order valence-electron chi connectivity index (χ1n) is 10.4. The maximum absolute atomic E-state index is 13.0. The molecule has 5 rings (SSSR count). The number of nitrogens with zero attached hydrogens (tertiary/aromatic N) is 3. The first kappa shape index (κ1) is 20.8. The van der Waals surface area contributed by atoms with Crippen LogP contribution >= 0.6 is 11.3 Å². The van der Waals surface area contributed by atoms with Crippen molar-refractivity contribution < 1.29 is 14.1 Å². The molecule has 0 saturated carbocycles. The number of hydrazone groups is 1. The molecule has 2 heterocycles. The number of furan rings is 1. The zero-order valence-corrected chi connectivity index (χ0v) is 18.4. The van der Waals surface area contributed by atoms with Gasteiger partial charge in [0.25, 0.3) is 11.6 Å². The molecule has 1 amide bonds. The van der Waals surface area contributed by atoms with Gasteiger partial charge in [0.1, 0.15) is 5.76 Å². The summed E-state index contributed by atoms with van der Waals surface area (Å²) in [5, 5.41) is 18.7. The van der Waals surface area contributed by atoms with Gasteiger partial charge in [-0.15, -0.1) is 0 Å². The molecule has 33 heavy (non-hydrogen) atoms. The number of carbonyl (C=O) groups excluding carboxylic acids is 1. The number of amides is 1. The highest BCUT2D eigenvalue weighted by Gasteiger charge is 2.28. The van der Waals surface area contributed by atoms with Crippen molar-refractivity contribution in [3.63, 3.8) is 0 Å². The van der Waals surface area contributed by atoms with E-state index in [0.717, 1.165) is 52.1 Å². The van der Waals surface area contributed by atoms with Crippen molar-refractivity contribution in [3.05, 3.63) is 81.3 Å². The number of rotatable bonds is 5. The fraction of sp³-hybridized carbons (Fsp3) is 0.174. The van der Waals surface area contributed by atoms with Crippen molar-refractivity contribution in [2.75, 3.05) is 10.7 Å². The minimum absolute atomic E-state index is 0.0163. The average Bonchev–Trinajstić information content (AvgIpc) is 3.38.